The Hall–Kier alpha value is -1.32. The highest BCUT2D eigenvalue weighted by atomic mass is 16.5. The summed E-state index contributed by atoms with van der Waals surface area (Å²) >= 11 is 0. The van der Waals surface area contributed by atoms with E-state index in [1.807, 2.05) is 0 Å². The molecule has 3 rings (SSSR count). The first-order valence-electron chi connectivity index (χ1n) is 6.58. The lowest BCUT2D eigenvalue weighted by molar-refractivity contribution is 0.0695. The van der Waals surface area contributed by atoms with Crippen LogP contribution >= 0.6 is 0 Å². The highest BCUT2D eigenvalue weighted by Gasteiger charge is 2.26. The Morgan fingerprint density at radius 2 is 2.17 bits per heavy atom. The number of hydrogen-bond acceptors (Lipinski definition) is 2. The van der Waals surface area contributed by atoms with E-state index in [1.165, 1.54) is 27.6 Å². The molecule has 2 atom stereocenters. The minimum Gasteiger partial charge on any atom is -0.381 e. The highest BCUT2D eigenvalue weighted by molar-refractivity contribution is 5.87. The van der Waals surface area contributed by atoms with Crippen molar-refractivity contribution in [1.29, 1.82) is 0 Å². The van der Waals surface area contributed by atoms with E-state index in [2.05, 4.69) is 37.2 Å². The van der Waals surface area contributed by atoms with E-state index in [1.54, 1.807) is 0 Å². The van der Waals surface area contributed by atoms with Crippen LogP contribution < -0.4 is 5.73 Å². The number of hydrogen-bond donors (Lipinski definition) is 2. The SMILES string of the molecule is Cc1cc(C)c2c(C3COCCC3N)c[nH]c2c1. The maximum absolute atomic E-state index is 6.25. The Morgan fingerprint density at radius 1 is 1.33 bits per heavy atom. The zero-order chi connectivity index (χ0) is 12.7. The van der Waals surface area contributed by atoms with Gasteiger partial charge >= 0.3 is 0 Å². The standard InChI is InChI=1S/C15H20N2O/c1-9-5-10(2)15-11(7-17-14(15)6-9)12-8-18-4-3-13(12)16/h5-7,12-13,17H,3-4,8,16H2,1-2H3. The predicted octanol–water partition coefficient (Wildman–Crippen LogP) is 2.62. The van der Waals surface area contributed by atoms with Gasteiger partial charge in [0.2, 0.25) is 0 Å². The van der Waals surface area contributed by atoms with Gasteiger partial charge in [0.05, 0.1) is 6.61 Å². The summed E-state index contributed by atoms with van der Waals surface area (Å²) in [5.74, 6) is 0.314. The Morgan fingerprint density at radius 3 is 2.94 bits per heavy atom. The lowest BCUT2D eigenvalue weighted by Gasteiger charge is -2.28. The molecule has 1 aliphatic heterocycles. The van der Waals surface area contributed by atoms with E-state index < -0.39 is 0 Å². The van der Waals surface area contributed by atoms with Crippen molar-refractivity contribution >= 4 is 10.9 Å². The van der Waals surface area contributed by atoms with Crippen LogP contribution in [0.1, 0.15) is 29.0 Å². The zero-order valence-corrected chi connectivity index (χ0v) is 11.0. The maximum Gasteiger partial charge on any atom is 0.0550 e. The van der Waals surface area contributed by atoms with Gasteiger partial charge in [-0.15, -0.1) is 0 Å². The molecule has 1 aromatic heterocycles. The summed E-state index contributed by atoms with van der Waals surface area (Å²) < 4.78 is 5.59. The lowest BCUT2D eigenvalue weighted by Crippen LogP contribution is -2.36. The summed E-state index contributed by atoms with van der Waals surface area (Å²) in [6.07, 6.45) is 3.05. The molecule has 18 heavy (non-hydrogen) atoms. The van der Waals surface area contributed by atoms with Gasteiger partial charge in [-0.05, 0) is 43.0 Å². The molecule has 0 spiro atoms. The van der Waals surface area contributed by atoms with Crippen LogP contribution in [0.4, 0.5) is 0 Å². The Bertz CT molecular complexity index is 573. The van der Waals surface area contributed by atoms with E-state index >= 15 is 0 Å². The quantitative estimate of drug-likeness (QED) is 0.810. The fourth-order valence-corrected chi connectivity index (χ4v) is 3.06. The van der Waals surface area contributed by atoms with Crippen LogP contribution in [0.3, 0.4) is 0 Å². The van der Waals surface area contributed by atoms with Gasteiger partial charge in [-0.1, -0.05) is 6.07 Å². The third-order valence-corrected chi connectivity index (χ3v) is 3.96. The van der Waals surface area contributed by atoms with Crippen LogP contribution in [0, 0.1) is 13.8 Å². The van der Waals surface area contributed by atoms with Gasteiger partial charge in [0.1, 0.15) is 0 Å². The van der Waals surface area contributed by atoms with E-state index in [4.69, 9.17) is 10.5 Å². The molecule has 0 amide bonds. The average molecular weight is 244 g/mol. The fourth-order valence-electron chi connectivity index (χ4n) is 3.06. The number of nitrogens with two attached hydrogens (primary N) is 1. The summed E-state index contributed by atoms with van der Waals surface area (Å²) in [6.45, 7) is 5.82. The van der Waals surface area contributed by atoms with Gasteiger partial charge in [-0.2, -0.15) is 0 Å². The molecule has 0 saturated carbocycles. The first kappa shape index (κ1) is 11.8. The topological polar surface area (TPSA) is 51.0 Å². The van der Waals surface area contributed by atoms with E-state index in [-0.39, 0.29) is 6.04 Å². The minimum absolute atomic E-state index is 0.207. The molecule has 0 radical (unpaired) electrons. The summed E-state index contributed by atoms with van der Waals surface area (Å²) in [4.78, 5) is 3.38. The number of fused-ring (bicyclic) bond motifs is 1. The fraction of sp³-hybridized carbons (Fsp3) is 0.467. The molecular formula is C15H20N2O. The van der Waals surface area contributed by atoms with Gasteiger partial charge in [-0.25, -0.2) is 0 Å². The maximum atomic E-state index is 6.25. The number of ether oxygens (including phenoxy) is 1. The lowest BCUT2D eigenvalue weighted by atomic mass is 9.88. The van der Waals surface area contributed by atoms with Crippen molar-refractivity contribution < 1.29 is 4.74 Å². The molecule has 1 fully saturated rings. The van der Waals surface area contributed by atoms with Crippen molar-refractivity contribution in [2.45, 2.75) is 32.2 Å². The van der Waals surface area contributed by atoms with E-state index in [9.17, 15) is 0 Å². The summed E-state index contributed by atoms with van der Waals surface area (Å²) in [7, 11) is 0. The number of aromatic nitrogens is 1. The van der Waals surface area contributed by atoms with Crippen molar-refractivity contribution in [3.63, 3.8) is 0 Å². The second-order valence-corrected chi connectivity index (χ2v) is 5.38. The molecule has 0 bridgehead atoms. The number of nitrogens with one attached hydrogen (secondary N) is 1. The minimum atomic E-state index is 0.207. The molecule has 2 heterocycles. The third-order valence-electron chi connectivity index (χ3n) is 3.96. The largest absolute Gasteiger partial charge is 0.381 e. The molecule has 1 aromatic carbocycles. The summed E-state index contributed by atoms with van der Waals surface area (Å²) in [5.41, 5.74) is 11.4. The molecule has 2 unspecified atom stereocenters. The second kappa shape index (κ2) is 4.41. The molecule has 1 aliphatic rings. The Kier molecular flexibility index (Phi) is 2.88. The smallest absolute Gasteiger partial charge is 0.0550 e. The van der Waals surface area contributed by atoms with Crippen LogP contribution in [0.5, 0.6) is 0 Å². The van der Waals surface area contributed by atoms with Gasteiger partial charge < -0.3 is 15.5 Å². The van der Waals surface area contributed by atoms with Gasteiger partial charge in [0.25, 0.3) is 0 Å². The van der Waals surface area contributed by atoms with Gasteiger partial charge in [0.15, 0.2) is 0 Å². The van der Waals surface area contributed by atoms with Crippen LogP contribution in [-0.4, -0.2) is 24.2 Å². The van der Waals surface area contributed by atoms with Crippen LogP contribution in [-0.2, 0) is 4.74 Å². The molecule has 96 valence electrons. The Balaban J connectivity index is 2.12. The normalized spacial score (nSPS) is 24.6. The van der Waals surface area contributed by atoms with Crippen molar-refractivity contribution in [2.75, 3.05) is 13.2 Å². The molecular weight excluding hydrogens is 224 g/mol. The van der Waals surface area contributed by atoms with Crippen molar-refractivity contribution in [1.82, 2.24) is 4.98 Å². The monoisotopic (exact) mass is 244 g/mol. The predicted molar refractivity (Wildman–Crippen MR) is 73.9 cm³/mol. The van der Waals surface area contributed by atoms with Crippen LogP contribution in [0.2, 0.25) is 0 Å². The van der Waals surface area contributed by atoms with Gasteiger partial charge in [0, 0.05) is 35.7 Å². The third kappa shape index (κ3) is 1.84. The second-order valence-electron chi connectivity index (χ2n) is 5.38. The first-order valence-corrected chi connectivity index (χ1v) is 6.58. The summed E-state index contributed by atoms with van der Waals surface area (Å²) in [6, 6.07) is 4.63. The zero-order valence-electron chi connectivity index (χ0n) is 11.0. The molecule has 3 N–H and O–H groups in total. The Labute approximate surface area is 107 Å². The molecule has 1 saturated heterocycles. The van der Waals surface area contributed by atoms with E-state index in [0.717, 1.165) is 19.6 Å². The molecule has 3 heteroatoms. The van der Waals surface area contributed by atoms with Crippen LogP contribution in [0.25, 0.3) is 10.9 Å². The number of benzene rings is 1. The first-order chi connectivity index (χ1) is 8.66. The van der Waals surface area contributed by atoms with Gasteiger partial charge in [-0.3, -0.25) is 0 Å². The van der Waals surface area contributed by atoms with Crippen LogP contribution in [0.15, 0.2) is 18.3 Å². The number of rotatable bonds is 1. The van der Waals surface area contributed by atoms with Crippen molar-refractivity contribution in [3.05, 3.63) is 35.0 Å². The molecule has 3 nitrogen and oxygen atoms in total. The van der Waals surface area contributed by atoms with E-state index in [0.29, 0.717) is 5.92 Å². The number of aryl methyl sites for hydroxylation is 2. The van der Waals surface area contributed by atoms with Crippen molar-refractivity contribution in [3.8, 4) is 0 Å². The number of H-pyrrole nitrogens is 1. The highest BCUT2D eigenvalue weighted by Crippen LogP contribution is 2.33. The number of aromatic amines is 1. The average Bonchev–Trinajstić information content (AvgIpc) is 2.73. The molecule has 2 aromatic rings. The summed E-state index contributed by atoms with van der Waals surface area (Å²) in [5, 5.41) is 1.33. The van der Waals surface area contributed by atoms with Crippen molar-refractivity contribution in [2.24, 2.45) is 5.73 Å². The molecule has 0 aliphatic carbocycles.